The van der Waals surface area contributed by atoms with E-state index in [1.807, 2.05) is 12.4 Å². The molecule has 5 heteroatoms. The minimum atomic E-state index is -0.277. The van der Waals surface area contributed by atoms with Crippen LogP contribution in [0.5, 0.6) is 0 Å². The van der Waals surface area contributed by atoms with Crippen molar-refractivity contribution in [2.24, 2.45) is 5.73 Å². The van der Waals surface area contributed by atoms with Crippen LogP contribution in [-0.2, 0) is 17.8 Å². The molecule has 0 aliphatic carbocycles. The molecule has 1 heterocycles. The molecule has 1 aromatic rings. The van der Waals surface area contributed by atoms with Crippen LogP contribution in [0.2, 0.25) is 0 Å². The van der Waals surface area contributed by atoms with Crippen LogP contribution in [-0.4, -0.2) is 28.0 Å². The summed E-state index contributed by atoms with van der Waals surface area (Å²) in [4.78, 5) is 15.6. The van der Waals surface area contributed by atoms with Gasteiger partial charge in [0.05, 0.1) is 6.04 Å². The number of nitrogens with zero attached hydrogens (tertiary/aromatic N) is 2. The summed E-state index contributed by atoms with van der Waals surface area (Å²) in [7, 11) is 0. The van der Waals surface area contributed by atoms with Gasteiger partial charge >= 0.3 is 0 Å². The van der Waals surface area contributed by atoms with Gasteiger partial charge in [-0.3, -0.25) is 4.79 Å². The average Bonchev–Trinajstić information content (AvgIpc) is 2.77. The first-order chi connectivity index (χ1) is 8.69. The van der Waals surface area contributed by atoms with E-state index < -0.39 is 0 Å². The highest BCUT2D eigenvalue weighted by atomic mass is 16.1. The van der Waals surface area contributed by atoms with Gasteiger partial charge in [-0.1, -0.05) is 13.8 Å². The Morgan fingerprint density at radius 2 is 2.28 bits per heavy atom. The molecule has 18 heavy (non-hydrogen) atoms. The highest BCUT2D eigenvalue weighted by Gasteiger charge is 2.14. The fourth-order valence-electron chi connectivity index (χ4n) is 1.93. The molecular weight excluding hydrogens is 228 g/mol. The molecule has 5 nitrogen and oxygen atoms in total. The minimum absolute atomic E-state index is 0.248. The van der Waals surface area contributed by atoms with Gasteiger partial charge < -0.3 is 15.6 Å². The summed E-state index contributed by atoms with van der Waals surface area (Å²) in [5.74, 6) is 0.803. The van der Waals surface area contributed by atoms with Gasteiger partial charge in [0.15, 0.2) is 0 Å². The monoisotopic (exact) mass is 252 g/mol. The Bertz CT molecular complexity index is 362. The van der Waals surface area contributed by atoms with E-state index in [-0.39, 0.29) is 11.9 Å². The first kappa shape index (κ1) is 14.7. The Morgan fingerprint density at radius 1 is 1.50 bits per heavy atom. The Morgan fingerprint density at radius 3 is 2.89 bits per heavy atom. The Labute approximate surface area is 109 Å². The largest absolute Gasteiger partial charge is 0.368 e. The molecule has 0 fully saturated rings. The molecule has 102 valence electrons. The van der Waals surface area contributed by atoms with Crippen LogP contribution in [0.4, 0.5) is 0 Å². The van der Waals surface area contributed by atoms with Gasteiger partial charge in [0, 0.05) is 25.4 Å². The predicted octanol–water partition coefficient (Wildman–Crippen LogP) is 1.08. The van der Waals surface area contributed by atoms with Gasteiger partial charge in [0.2, 0.25) is 5.91 Å². The Kier molecular flexibility index (Phi) is 6.43. The second-order valence-electron chi connectivity index (χ2n) is 4.48. The quantitative estimate of drug-likeness (QED) is 0.690. The van der Waals surface area contributed by atoms with Gasteiger partial charge in [0.25, 0.3) is 0 Å². The summed E-state index contributed by atoms with van der Waals surface area (Å²) in [6.07, 6.45) is 7.52. The zero-order chi connectivity index (χ0) is 13.4. The standard InChI is InChI=1S/C13H24N4O/c1-3-5-12-16-8-10-17(12)9-6-11(13(14)18)15-7-4-2/h8,10-11,15H,3-7,9H2,1-2H3,(H2,14,18). The van der Waals surface area contributed by atoms with E-state index >= 15 is 0 Å². The Balaban J connectivity index is 2.50. The van der Waals surface area contributed by atoms with Crippen molar-refractivity contribution < 1.29 is 4.79 Å². The van der Waals surface area contributed by atoms with E-state index in [1.54, 1.807) is 0 Å². The van der Waals surface area contributed by atoms with Crippen molar-refractivity contribution in [3.8, 4) is 0 Å². The fraction of sp³-hybridized carbons (Fsp3) is 0.692. The van der Waals surface area contributed by atoms with Crippen molar-refractivity contribution in [2.45, 2.75) is 52.1 Å². The summed E-state index contributed by atoms with van der Waals surface area (Å²) < 4.78 is 2.10. The molecular formula is C13H24N4O. The molecule has 0 aliphatic heterocycles. The number of nitrogens with two attached hydrogens (primary N) is 1. The second-order valence-corrected chi connectivity index (χ2v) is 4.48. The van der Waals surface area contributed by atoms with Crippen molar-refractivity contribution in [3.63, 3.8) is 0 Å². The molecule has 1 unspecified atom stereocenters. The molecule has 0 aliphatic rings. The number of aromatic nitrogens is 2. The first-order valence-corrected chi connectivity index (χ1v) is 6.71. The van der Waals surface area contributed by atoms with Crippen LogP contribution in [0.1, 0.15) is 38.9 Å². The maximum absolute atomic E-state index is 11.3. The summed E-state index contributed by atoms with van der Waals surface area (Å²) in [6, 6.07) is -0.248. The molecule has 0 radical (unpaired) electrons. The topological polar surface area (TPSA) is 72.9 Å². The minimum Gasteiger partial charge on any atom is -0.368 e. The number of carbonyl (C=O) groups excluding carboxylic acids is 1. The highest BCUT2D eigenvalue weighted by Crippen LogP contribution is 2.04. The molecule has 1 rings (SSSR count). The predicted molar refractivity (Wildman–Crippen MR) is 72.1 cm³/mol. The average molecular weight is 252 g/mol. The summed E-state index contributed by atoms with van der Waals surface area (Å²) in [5.41, 5.74) is 5.39. The third kappa shape index (κ3) is 4.49. The van der Waals surface area contributed by atoms with Crippen LogP contribution < -0.4 is 11.1 Å². The third-order valence-electron chi connectivity index (χ3n) is 2.92. The molecule has 3 N–H and O–H groups in total. The molecule has 0 saturated heterocycles. The number of primary amides is 1. The molecule has 0 bridgehead atoms. The van der Waals surface area contributed by atoms with Gasteiger partial charge in [-0.15, -0.1) is 0 Å². The van der Waals surface area contributed by atoms with Crippen molar-refractivity contribution in [2.75, 3.05) is 6.54 Å². The van der Waals surface area contributed by atoms with Crippen LogP contribution >= 0.6 is 0 Å². The van der Waals surface area contributed by atoms with E-state index in [9.17, 15) is 4.79 Å². The zero-order valence-electron chi connectivity index (χ0n) is 11.4. The van der Waals surface area contributed by atoms with E-state index in [4.69, 9.17) is 5.73 Å². The van der Waals surface area contributed by atoms with Gasteiger partial charge in [-0.2, -0.15) is 0 Å². The number of hydrogen-bond acceptors (Lipinski definition) is 3. The summed E-state index contributed by atoms with van der Waals surface area (Å²) in [5, 5.41) is 3.17. The lowest BCUT2D eigenvalue weighted by molar-refractivity contribution is -0.120. The second kappa shape index (κ2) is 7.87. The molecule has 0 spiro atoms. The van der Waals surface area contributed by atoms with Crippen molar-refractivity contribution in [3.05, 3.63) is 18.2 Å². The van der Waals surface area contributed by atoms with E-state index in [1.165, 1.54) is 0 Å². The number of carbonyl (C=O) groups is 1. The van der Waals surface area contributed by atoms with Gasteiger partial charge in [-0.05, 0) is 25.8 Å². The molecule has 1 amide bonds. The lowest BCUT2D eigenvalue weighted by Crippen LogP contribution is -2.42. The summed E-state index contributed by atoms with van der Waals surface area (Å²) >= 11 is 0. The maximum atomic E-state index is 11.3. The van der Waals surface area contributed by atoms with Gasteiger partial charge in [-0.25, -0.2) is 4.98 Å². The maximum Gasteiger partial charge on any atom is 0.234 e. The lowest BCUT2D eigenvalue weighted by atomic mass is 10.2. The molecule has 0 saturated carbocycles. The van der Waals surface area contributed by atoms with Crippen molar-refractivity contribution in [1.29, 1.82) is 0 Å². The van der Waals surface area contributed by atoms with Gasteiger partial charge in [0.1, 0.15) is 5.82 Å². The fourth-order valence-corrected chi connectivity index (χ4v) is 1.93. The first-order valence-electron chi connectivity index (χ1n) is 6.71. The number of nitrogens with one attached hydrogen (secondary N) is 1. The molecule has 1 atom stereocenters. The number of amides is 1. The van der Waals surface area contributed by atoms with Crippen molar-refractivity contribution >= 4 is 5.91 Å². The number of imidazole rings is 1. The zero-order valence-corrected chi connectivity index (χ0v) is 11.4. The normalized spacial score (nSPS) is 12.6. The molecule has 1 aromatic heterocycles. The van der Waals surface area contributed by atoms with E-state index in [0.29, 0.717) is 6.42 Å². The lowest BCUT2D eigenvalue weighted by Gasteiger charge is -2.16. The third-order valence-corrected chi connectivity index (χ3v) is 2.92. The Hall–Kier alpha value is -1.36. The van der Waals surface area contributed by atoms with E-state index in [0.717, 1.165) is 38.2 Å². The number of aryl methyl sites for hydroxylation is 2. The summed E-state index contributed by atoms with van der Waals surface area (Å²) in [6.45, 7) is 5.80. The van der Waals surface area contributed by atoms with Crippen molar-refractivity contribution in [1.82, 2.24) is 14.9 Å². The van der Waals surface area contributed by atoms with Crippen LogP contribution in [0.25, 0.3) is 0 Å². The smallest absolute Gasteiger partial charge is 0.234 e. The SMILES string of the molecule is CCCNC(CCn1ccnc1CCC)C(N)=O. The highest BCUT2D eigenvalue weighted by molar-refractivity contribution is 5.79. The number of rotatable bonds is 9. The van der Waals surface area contributed by atoms with Crippen LogP contribution in [0, 0.1) is 0 Å². The van der Waals surface area contributed by atoms with E-state index in [2.05, 4.69) is 28.7 Å². The van der Waals surface area contributed by atoms with Crippen LogP contribution in [0.3, 0.4) is 0 Å². The van der Waals surface area contributed by atoms with Crippen LogP contribution in [0.15, 0.2) is 12.4 Å². The number of hydrogen-bond donors (Lipinski definition) is 2. The molecule has 0 aromatic carbocycles.